The Hall–Kier alpha value is -4.62. The highest BCUT2D eigenvalue weighted by Gasteiger charge is 2.34. The summed E-state index contributed by atoms with van der Waals surface area (Å²) in [6.45, 7) is 12.4. The molecular formula is C41H59N5O8. The maximum Gasteiger partial charge on any atom is 0.228 e. The van der Waals surface area contributed by atoms with Gasteiger partial charge in [0.15, 0.2) is 17.3 Å². The van der Waals surface area contributed by atoms with Crippen molar-refractivity contribution in [2.75, 3.05) is 32.8 Å². The van der Waals surface area contributed by atoms with Gasteiger partial charge in [-0.15, -0.1) is 0 Å². The van der Waals surface area contributed by atoms with Crippen LogP contribution in [0.5, 0.6) is 11.5 Å². The number of nitrogens with one attached hydrogen (secondary N) is 3. The molecule has 54 heavy (non-hydrogen) atoms. The number of rotatable bonds is 16. The summed E-state index contributed by atoms with van der Waals surface area (Å²) in [5, 5.41) is 8.35. The van der Waals surface area contributed by atoms with E-state index in [9.17, 15) is 28.8 Å². The van der Waals surface area contributed by atoms with Crippen molar-refractivity contribution in [1.82, 2.24) is 16.0 Å². The SMILES string of the molecule is CCC1CC(C(=O)NC(C)C(C)=O)Cc2ccc(OCCN)c(c2)-c2cc(ccc2OCCN)C(CC(C)C(C)C(=O)CNC(C)=O)C(=O)NC(C)C1=O. The number of carbonyl (C=O) groups is 6. The number of benzene rings is 2. The predicted molar refractivity (Wildman–Crippen MR) is 207 cm³/mol. The molecule has 0 saturated carbocycles. The maximum atomic E-state index is 14.4. The number of ketones is 3. The van der Waals surface area contributed by atoms with Crippen molar-refractivity contribution in [2.45, 2.75) is 92.2 Å². The van der Waals surface area contributed by atoms with Crippen LogP contribution in [0.15, 0.2) is 36.4 Å². The summed E-state index contributed by atoms with van der Waals surface area (Å²) in [6, 6.07) is 9.44. The van der Waals surface area contributed by atoms with Crippen LogP contribution in [-0.4, -0.2) is 80.0 Å². The number of ether oxygens (including phenoxy) is 2. The number of nitrogens with two attached hydrogens (primary N) is 2. The first-order valence-corrected chi connectivity index (χ1v) is 19.0. The van der Waals surface area contributed by atoms with Crippen molar-refractivity contribution in [3.05, 3.63) is 47.5 Å². The fraction of sp³-hybridized carbons (Fsp3) is 0.561. The zero-order valence-electron chi connectivity index (χ0n) is 32.8. The molecule has 0 aliphatic carbocycles. The van der Waals surface area contributed by atoms with Gasteiger partial charge in [0.25, 0.3) is 0 Å². The van der Waals surface area contributed by atoms with E-state index in [0.717, 1.165) is 5.56 Å². The Morgan fingerprint density at radius 1 is 0.926 bits per heavy atom. The van der Waals surface area contributed by atoms with Gasteiger partial charge >= 0.3 is 0 Å². The van der Waals surface area contributed by atoms with Gasteiger partial charge < -0.3 is 36.9 Å². The highest BCUT2D eigenvalue weighted by atomic mass is 16.5. The average molecular weight is 750 g/mol. The van der Waals surface area contributed by atoms with Gasteiger partial charge in [-0.05, 0) is 87.8 Å². The molecule has 2 aromatic rings. The molecule has 1 aliphatic heterocycles. The Balaban J connectivity index is 2.27. The third kappa shape index (κ3) is 11.9. The zero-order chi connectivity index (χ0) is 40.1. The number of Topliss-reactive ketones (excluding diaryl/α,β-unsaturated/α-hetero) is 3. The van der Waals surface area contributed by atoms with E-state index >= 15 is 0 Å². The van der Waals surface area contributed by atoms with E-state index < -0.39 is 41.7 Å². The van der Waals surface area contributed by atoms with Crippen molar-refractivity contribution in [3.8, 4) is 22.6 Å². The first-order chi connectivity index (χ1) is 25.6. The summed E-state index contributed by atoms with van der Waals surface area (Å²) < 4.78 is 12.3. The van der Waals surface area contributed by atoms with Crippen LogP contribution in [0.2, 0.25) is 0 Å². The molecule has 0 aromatic heterocycles. The lowest BCUT2D eigenvalue weighted by Crippen LogP contribution is -2.46. The molecule has 3 rings (SSSR count). The van der Waals surface area contributed by atoms with Gasteiger partial charge in [0, 0.05) is 48.9 Å². The molecular weight excluding hydrogens is 690 g/mol. The van der Waals surface area contributed by atoms with Crippen LogP contribution in [0.4, 0.5) is 0 Å². The number of hydrogen-bond donors (Lipinski definition) is 5. The molecule has 1 heterocycles. The van der Waals surface area contributed by atoms with E-state index in [0.29, 0.717) is 34.6 Å². The van der Waals surface area contributed by atoms with Crippen LogP contribution in [-0.2, 0) is 35.2 Å². The minimum Gasteiger partial charge on any atom is -0.492 e. The van der Waals surface area contributed by atoms with E-state index in [1.165, 1.54) is 13.8 Å². The molecule has 0 fully saturated rings. The standard InChI is InChI=1S/C41H59N5O8/c1-8-30-20-32(40(51)45-25(4)27(6)47)18-29-9-11-37(53-15-13-42)34(19-29)35-21-31(10-12-38(35)54-16-14-43)33(41(52)46-26(5)39(30)50)17-23(2)24(3)36(49)22-44-28(7)48/h9-12,19,21,23-26,30,32-33H,8,13-18,20,22,42-43H2,1-7H3,(H,44,48)(H,45,51)(H,46,52). The van der Waals surface area contributed by atoms with Crippen molar-refractivity contribution in [1.29, 1.82) is 0 Å². The fourth-order valence-electron chi connectivity index (χ4n) is 6.71. The van der Waals surface area contributed by atoms with Gasteiger partial charge in [-0.2, -0.15) is 0 Å². The van der Waals surface area contributed by atoms with Gasteiger partial charge in [0.1, 0.15) is 24.7 Å². The summed E-state index contributed by atoms with van der Waals surface area (Å²) in [6.07, 6.45) is 1.14. The molecule has 7 N–H and O–H groups in total. The summed E-state index contributed by atoms with van der Waals surface area (Å²) in [7, 11) is 0. The Morgan fingerprint density at radius 3 is 2.11 bits per heavy atom. The van der Waals surface area contributed by atoms with Crippen molar-refractivity contribution < 1.29 is 38.2 Å². The van der Waals surface area contributed by atoms with Crippen LogP contribution < -0.4 is 36.9 Å². The monoisotopic (exact) mass is 749 g/mol. The molecule has 7 atom stereocenters. The van der Waals surface area contributed by atoms with Gasteiger partial charge in [-0.3, -0.25) is 28.8 Å². The van der Waals surface area contributed by atoms with Crippen molar-refractivity contribution >= 4 is 35.1 Å². The topological polar surface area (TPSA) is 209 Å². The zero-order valence-corrected chi connectivity index (χ0v) is 32.8. The second kappa shape index (κ2) is 20.7. The van der Waals surface area contributed by atoms with Crippen LogP contribution in [0.3, 0.4) is 0 Å². The third-order valence-corrected chi connectivity index (χ3v) is 10.4. The Bertz CT molecular complexity index is 1660. The van der Waals surface area contributed by atoms with Gasteiger partial charge in [0.05, 0.1) is 24.5 Å². The number of hydrogen-bond acceptors (Lipinski definition) is 10. The largest absolute Gasteiger partial charge is 0.492 e. The van der Waals surface area contributed by atoms with E-state index in [1.807, 2.05) is 38.1 Å². The van der Waals surface area contributed by atoms with E-state index in [1.54, 1.807) is 32.9 Å². The normalized spacial score (nSPS) is 20.6. The van der Waals surface area contributed by atoms with Gasteiger partial charge in [-0.1, -0.05) is 32.9 Å². The lowest BCUT2D eigenvalue weighted by molar-refractivity contribution is -0.133. The molecule has 13 nitrogen and oxygen atoms in total. The maximum absolute atomic E-state index is 14.4. The molecule has 0 radical (unpaired) electrons. The molecule has 0 saturated heterocycles. The number of carbonyl (C=O) groups excluding carboxylic acids is 6. The fourth-order valence-corrected chi connectivity index (χ4v) is 6.71. The Labute approximate surface area is 319 Å². The molecule has 3 amide bonds. The minimum atomic E-state index is -0.881. The predicted octanol–water partition coefficient (Wildman–Crippen LogP) is 3.24. The average Bonchev–Trinajstić information content (AvgIpc) is 3.14. The van der Waals surface area contributed by atoms with Gasteiger partial charge in [-0.25, -0.2) is 0 Å². The number of amides is 3. The van der Waals surface area contributed by atoms with Crippen LogP contribution in [0.25, 0.3) is 11.1 Å². The second-order valence-corrected chi connectivity index (χ2v) is 14.5. The summed E-state index contributed by atoms with van der Waals surface area (Å²) in [4.78, 5) is 78.8. The lowest BCUT2D eigenvalue weighted by Gasteiger charge is -2.28. The van der Waals surface area contributed by atoms with Gasteiger partial charge in [0.2, 0.25) is 17.7 Å². The van der Waals surface area contributed by atoms with Crippen molar-refractivity contribution in [3.63, 3.8) is 0 Å². The molecule has 4 bridgehead atoms. The van der Waals surface area contributed by atoms with E-state index in [2.05, 4.69) is 16.0 Å². The van der Waals surface area contributed by atoms with Crippen LogP contribution in [0, 0.1) is 23.7 Å². The Kier molecular flexibility index (Phi) is 16.8. The van der Waals surface area contributed by atoms with E-state index in [4.69, 9.17) is 20.9 Å². The molecule has 0 spiro atoms. The summed E-state index contributed by atoms with van der Waals surface area (Å²) in [5.74, 6) is -3.43. The Morgan fingerprint density at radius 2 is 1.54 bits per heavy atom. The second-order valence-electron chi connectivity index (χ2n) is 14.5. The van der Waals surface area contributed by atoms with Crippen LogP contribution in [0.1, 0.15) is 84.8 Å². The first-order valence-electron chi connectivity index (χ1n) is 19.0. The van der Waals surface area contributed by atoms with Crippen molar-refractivity contribution in [2.24, 2.45) is 35.1 Å². The third-order valence-electron chi connectivity index (χ3n) is 10.4. The summed E-state index contributed by atoms with van der Waals surface area (Å²) in [5.41, 5.74) is 14.3. The smallest absolute Gasteiger partial charge is 0.228 e. The highest BCUT2D eigenvalue weighted by molar-refractivity contribution is 5.94. The number of fused-ring (bicyclic) bond motifs is 5. The molecule has 296 valence electrons. The lowest BCUT2D eigenvalue weighted by atomic mass is 9.80. The molecule has 2 aromatic carbocycles. The molecule has 1 aliphatic rings. The van der Waals surface area contributed by atoms with E-state index in [-0.39, 0.29) is 87.2 Å². The summed E-state index contributed by atoms with van der Waals surface area (Å²) >= 11 is 0. The highest BCUT2D eigenvalue weighted by Crippen LogP contribution is 2.41. The molecule has 13 heteroatoms. The quantitative estimate of drug-likeness (QED) is 0.169. The van der Waals surface area contributed by atoms with Crippen LogP contribution >= 0.6 is 0 Å². The molecule has 7 unspecified atom stereocenters. The first kappa shape index (κ1) is 43.8. The minimum absolute atomic E-state index is 0.117.